The number of aromatic nitrogens is 2. The largest absolute Gasteiger partial charge is 0.465 e. The summed E-state index contributed by atoms with van der Waals surface area (Å²) in [7, 11) is 1.18. The standard InChI is InChI=1S/C12H9FN2O3/c1-18-12(17)9-6-14-10(15-11(9)16)7-2-4-8(13)5-3-7/h2-6H,1H3,(H,14,15,16). The van der Waals surface area contributed by atoms with E-state index in [1.54, 1.807) is 0 Å². The molecule has 0 saturated heterocycles. The zero-order chi connectivity index (χ0) is 13.1. The van der Waals surface area contributed by atoms with Crippen molar-refractivity contribution in [3.63, 3.8) is 0 Å². The van der Waals surface area contributed by atoms with E-state index in [2.05, 4.69) is 14.7 Å². The first-order valence-electron chi connectivity index (χ1n) is 5.05. The third kappa shape index (κ3) is 2.27. The maximum atomic E-state index is 12.7. The van der Waals surface area contributed by atoms with Gasteiger partial charge in [-0.15, -0.1) is 0 Å². The summed E-state index contributed by atoms with van der Waals surface area (Å²) in [4.78, 5) is 29.2. The zero-order valence-corrected chi connectivity index (χ0v) is 9.44. The van der Waals surface area contributed by atoms with Gasteiger partial charge in [-0.05, 0) is 24.3 Å². The molecule has 0 spiro atoms. The van der Waals surface area contributed by atoms with Crippen molar-refractivity contribution in [1.29, 1.82) is 0 Å². The molecule has 1 N–H and O–H groups in total. The van der Waals surface area contributed by atoms with Crippen molar-refractivity contribution in [3.05, 3.63) is 52.2 Å². The first-order valence-corrected chi connectivity index (χ1v) is 5.05. The predicted octanol–water partition coefficient (Wildman–Crippen LogP) is 1.36. The number of ether oxygens (including phenoxy) is 1. The minimum Gasteiger partial charge on any atom is -0.465 e. The second-order valence-electron chi connectivity index (χ2n) is 3.47. The summed E-state index contributed by atoms with van der Waals surface area (Å²) in [6.07, 6.45) is 1.13. The van der Waals surface area contributed by atoms with Crippen LogP contribution in [0, 0.1) is 5.82 Å². The van der Waals surface area contributed by atoms with Crippen LogP contribution in [0.4, 0.5) is 4.39 Å². The molecule has 0 radical (unpaired) electrons. The Labute approximate surface area is 101 Å². The molecule has 6 heteroatoms. The normalized spacial score (nSPS) is 10.1. The number of rotatable bonds is 2. The lowest BCUT2D eigenvalue weighted by atomic mass is 10.2. The molecule has 0 unspecified atom stereocenters. The van der Waals surface area contributed by atoms with Gasteiger partial charge in [0.05, 0.1) is 7.11 Å². The van der Waals surface area contributed by atoms with Crippen molar-refractivity contribution in [1.82, 2.24) is 9.97 Å². The number of hydrogen-bond acceptors (Lipinski definition) is 4. The third-order valence-electron chi connectivity index (χ3n) is 2.32. The van der Waals surface area contributed by atoms with Crippen LogP contribution in [-0.4, -0.2) is 23.0 Å². The molecule has 1 aromatic carbocycles. The average Bonchev–Trinajstić information content (AvgIpc) is 2.38. The molecule has 1 heterocycles. The molecule has 0 amide bonds. The minimum absolute atomic E-state index is 0.177. The van der Waals surface area contributed by atoms with Crippen molar-refractivity contribution in [3.8, 4) is 11.4 Å². The third-order valence-corrected chi connectivity index (χ3v) is 2.32. The number of nitrogens with zero attached hydrogens (tertiary/aromatic N) is 1. The number of aromatic amines is 1. The van der Waals surface area contributed by atoms with Crippen LogP contribution in [0.2, 0.25) is 0 Å². The number of carbonyl (C=O) groups excluding carboxylic acids is 1. The fraction of sp³-hybridized carbons (Fsp3) is 0.0833. The maximum absolute atomic E-state index is 12.7. The van der Waals surface area contributed by atoms with Gasteiger partial charge in [-0.2, -0.15) is 0 Å². The van der Waals surface area contributed by atoms with Crippen LogP contribution in [-0.2, 0) is 4.74 Å². The van der Waals surface area contributed by atoms with Crippen LogP contribution in [0.25, 0.3) is 11.4 Å². The number of H-pyrrole nitrogens is 1. The molecule has 1 aromatic heterocycles. The van der Waals surface area contributed by atoms with E-state index in [-0.39, 0.29) is 17.2 Å². The van der Waals surface area contributed by atoms with E-state index >= 15 is 0 Å². The van der Waals surface area contributed by atoms with E-state index in [4.69, 9.17) is 0 Å². The predicted molar refractivity (Wildman–Crippen MR) is 61.6 cm³/mol. The molecule has 18 heavy (non-hydrogen) atoms. The van der Waals surface area contributed by atoms with Crippen molar-refractivity contribution in [2.24, 2.45) is 0 Å². The first kappa shape index (κ1) is 12.0. The molecule has 0 aliphatic rings. The fourth-order valence-corrected chi connectivity index (χ4v) is 1.40. The second-order valence-corrected chi connectivity index (χ2v) is 3.47. The van der Waals surface area contributed by atoms with Gasteiger partial charge < -0.3 is 9.72 Å². The van der Waals surface area contributed by atoms with Crippen LogP contribution in [0.3, 0.4) is 0 Å². The van der Waals surface area contributed by atoms with Crippen LogP contribution >= 0.6 is 0 Å². The Balaban J connectivity index is 2.43. The zero-order valence-electron chi connectivity index (χ0n) is 9.44. The number of esters is 1. The van der Waals surface area contributed by atoms with Crippen LogP contribution in [0.1, 0.15) is 10.4 Å². The molecule has 5 nitrogen and oxygen atoms in total. The Morgan fingerprint density at radius 1 is 1.33 bits per heavy atom. The van der Waals surface area contributed by atoms with Gasteiger partial charge in [0.1, 0.15) is 17.2 Å². The molecular formula is C12H9FN2O3. The van der Waals surface area contributed by atoms with Gasteiger partial charge in [0, 0.05) is 11.8 Å². The Bertz CT molecular complexity index is 635. The number of benzene rings is 1. The lowest BCUT2D eigenvalue weighted by Crippen LogP contribution is -2.20. The fourth-order valence-electron chi connectivity index (χ4n) is 1.40. The van der Waals surface area contributed by atoms with E-state index in [0.29, 0.717) is 5.56 Å². The van der Waals surface area contributed by atoms with E-state index < -0.39 is 11.5 Å². The van der Waals surface area contributed by atoms with E-state index in [9.17, 15) is 14.0 Å². The van der Waals surface area contributed by atoms with E-state index in [0.717, 1.165) is 6.20 Å². The SMILES string of the molecule is COC(=O)c1cnc(-c2ccc(F)cc2)[nH]c1=O. The van der Waals surface area contributed by atoms with Gasteiger partial charge in [0.2, 0.25) is 0 Å². The molecule has 0 saturated carbocycles. The summed E-state index contributed by atoms with van der Waals surface area (Å²) in [6, 6.07) is 5.46. The van der Waals surface area contributed by atoms with Crippen LogP contribution in [0.5, 0.6) is 0 Å². The van der Waals surface area contributed by atoms with Crippen molar-refractivity contribution < 1.29 is 13.9 Å². The summed E-state index contributed by atoms with van der Waals surface area (Å²) >= 11 is 0. The molecular weight excluding hydrogens is 239 g/mol. The molecule has 0 bridgehead atoms. The smallest absolute Gasteiger partial charge is 0.345 e. The Hall–Kier alpha value is -2.50. The van der Waals surface area contributed by atoms with Gasteiger partial charge in [-0.3, -0.25) is 4.79 Å². The highest BCUT2D eigenvalue weighted by atomic mass is 19.1. The first-order chi connectivity index (χ1) is 8.61. The highest BCUT2D eigenvalue weighted by Crippen LogP contribution is 2.13. The summed E-state index contributed by atoms with van der Waals surface area (Å²) in [5.74, 6) is -0.880. The number of halogens is 1. The average molecular weight is 248 g/mol. The molecule has 2 aromatic rings. The Morgan fingerprint density at radius 3 is 2.56 bits per heavy atom. The van der Waals surface area contributed by atoms with Gasteiger partial charge in [0.25, 0.3) is 5.56 Å². The number of carbonyl (C=O) groups is 1. The second kappa shape index (κ2) is 4.79. The monoisotopic (exact) mass is 248 g/mol. The Kier molecular flexibility index (Phi) is 3.18. The van der Waals surface area contributed by atoms with Crippen molar-refractivity contribution >= 4 is 5.97 Å². The minimum atomic E-state index is -0.755. The lowest BCUT2D eigenvalue weighted by molar-refractivity contribution is 0.0598. The molecule has 0 aliphatic carbocycles. The molecule has 2 rings (SSSR count). The number of methoxy groups -OCH3 is 1. The topological polar surface area (TPSA) is 72.0 Å². The van der Waals surface area contributed by atoms with Gasteiger partial charge in [-0.25, -0.2) is 14.2 Å². The Morgan fingerprint density at radius 2 is 2.00 bits per heavy atom. The molecule has 0 fully saturated rings. The van der Waals surface area contributed by atoms with E-state index in [1.807, 2.05) is 0 Å². The lowest BCUT2D eigenvalue weighted by Gasteiger charge is -2.02. The summed E-state index contributed by atoms with van der Waals surface area (Å²) in [5.41, 5.74) is -0.232. The summed E-state index contributed by atoms with van der Waals surface area (Å²) < 4.78 is 17.2. The maximum Gasteiger partial charge on any atom is 0.345 e. The molecule has 92 valence electrons. The number of nitrogens with one attached hydrogen (secondary N) is 1. The van der Waals surface area contributed by atoms with Crippen molar-refractivity contribution in [2.75, 3.05) is 7.11 Å². The summed E-state index contributed by atoms with van der Waals surface area (Å²) in [6.45, 7) is 0. The highest BCUT2D eigenvalue weighted by molar-refractivity contribution is 5.88. The van der Waals surface area contributed by atoms with Gasteiger partial charge in [0.15, 0.2) is 0 Å². The number of hydrogen-bond donors (Lipinski definition) is 1. The molecule has 0 aliphatic heterocycles. The summed E-state index contributed by atoms with van der Waals surface area (Å²) in [5, 5.41) is 0. The highest BCUT2D eigenvalue weighted by Gasteiger charge is 2.12. The van der Waals surface area contributed by atoms with Gasteiger partial charge in [-0.1, -0.05) is 0 Å². The van der Waals surface area contributed by atoms with E-state index in [1.165, 1.54) is 31.4 Å². The van der Waals surface area contributed by atoms with Gasteiger partial charge >= 0.3 is 5.97 Å². The van der Waals surface area contributed by atoms with Crippen molar-refractivity contribution in [2.45, 2.75) is 0 Å². The quantitative estimate of drug-likeness (QED) is 0.814. The van der Waals surface area contributed by atoms with Crippen LogP contribution < -0.4 is 5.56 Å². The van der Waals surface area contributed by atoms with Crippen LogP contribution in [0.15, 0.2) is 35.3 Å². The molecule has 0 atom stereocenters.